The van der Waals surface area contributed by atoms with Crippen molar-refractivity contribution in [2.45, 2.75) is 60.3 Å². The van der Waals surface area contributed by atoms with Crippen molar-refractivity contribution < 1.29 is 19.0 Å². The van der Waals surface area contributed by atoms with Crippen LogP contribution in [0.15, 0.2) is 54.6 Å². The summed E-state index contributed by atoms with van der Waals surface area (Å²) in [6.45, 7) is 12.6. The predicted octanol–water partition coefficient (Wildman–Crippen LogP) is 6.87. The summed E-state index contributed by atoms with van der Waals surface area (Å²) in [5.74, 6) is 0.283. The first-order valence-electron chi connectivity index (χ1n) is 14.5. The van der Waals surface area contributed by atoms with Crippen LogP contribution in [-0.4, -0.2) is 45.5 Å². The van der Waals surface area contributed by atoms with E-state index in [1.165, 1.54) is 12.1 Å². The number of aryl methyl sites for hydroxylation is 3. The summed E-state index contributed by atoms with van der Waals surface area (Å²) in [6, 6.07) is 16.4. The number of ether oxygens (including phenoxy) is 1. The van der Waals surface area contributed by atoms with E-state index in [2.05, 4.69) is 18.7 Å². The number of hydrogen-bond acceptors (Lipinski definition) is 5. The van der Waals surface area contributed by atoms with Crippen LogP contribution < -0.4 is 9.64 Å². The Labute approximate surface area is 247 Å². The SMILES string of the molecule is Cc1cc(C)n(-c2nc(C)c(CC(=O)O)c(N3CCC(C)(C)CC3)c2-c2ccc(OCCc3ccc(F)cc3)cc2)n1. The molecule has 220 valence electrons. The maximum absolute atomic E-state index is 13.2. The van der Waals surface area contributed by atoms with Gasteiger partial charge >= 0.3 is 5.97 Å². The molecule has 0 aliphatic carbocycles. The number of carboxylic acids is 1. The van der Waals surface area contributed by atoms with Gasteiger partial charge in [0, 0.05) is 36.5 Å². The summed E-state index contributed by atoms with van der Waals surface area (Å²) >= 11 is 0. The fourth-order valence-corrected chi connectivity index (χ4v) is 5.68. The topological polar surface area (TPSA) is 80.5 Å². The second kappa shape index (κ2) is 12.0. The van der Waals surface area contributed by atoms with Crippen molar-refractivity contribution in [3.8, 4) is 22.7 Å². The molecule has 1 saturated heterocycles. The van der Waals surface area contributed by atoms with E-state index < -0.39 is 5.97 Å². The van der Waals surface area contributed by atoms with Crippen molar-refractivity contribution in [1.29, 1.82) is 0 Å². The zero-order valence-corrected chi connectivity index (χ0v) is 25.1. The number of halogens is 1. The summed E-state index contributed by atoms with van der Waals surface area (Å²) in [4.78, 5) is 19.4. The Morgan fingerprint density at radius 2 is 1.69 bits per heavy atom. The van der Waals surface area contributed by atoms with Crippen molar-refractivity contribution in [3.05, 3.63) is 88.6 Å². The zero-order valence-electron chi connectivity index (χ0n) is 25.1. The fraction of sp³-hybridized carbons (Fsp3) is 0.382. The van der Waals surface area contributed by atoms with E-state index in [0.717, 1.165) is 71.0 Å². The second-order valence-corrected chi connectivity index (χ2v) is 12.0. The molecule has 8 heteroatoms. The zero-order chi connectivity index (χ0) is 30.0. The maximum atomic E-state index is 13.2. The van der Waals surface area contributed by atoms with E-state index >= 15 is 0 Å². The average molecular weight is 571 g/mol. The number of aliphatic carboxylic acids is 1. The Hall–Kier alpha value is -4.20. The van der Waals surface area contributed by atoms with Gasteiger partial charge in [0.15, 0.2) is 5.82 Å². The first-order valence-corrected chi connectivity index (χ1v) is 14.5. The molecular formula is C34H39FN4O3. The van der Waals surface area contributed by atoms with E-state index in [0.29, 0.717) is 24.5 Å². The Kier molecular flexibility index (Phi) is 8.34. The van der Waals surface area contributed by atoms with E-state index in [-0.39, 0.29) is 17.7 Å². The van der Waals surface area contributed by atoms with Crippen LogP contribution in [-0.2, 0) is 17.6 Å². The third kappa shape index (κ3) is 6.48. The van der Waals surface area contributed by atoms with Gasteiger partial charge in [0.2, 0.25) is 0 Å². The lowest BCUT2D eigenvalue weighted by Crippen LogP contribution is -2.38. The molecule has 0 unspecified atom stereocenters. The molecule has 42 heavy (non-hydrogen) atoms. The molecule has 0 amide bonds. The van der Waals surface area contributed by atoms with E-state index in [1.807, 2.05) is 55.8 Å². The highest BCUT2D eigenvalue weighted by Crippen LogP contribution is 2.43. The van der Waals surface area contributed by atoms with Crippen LogP contribution in [0.5, 0.6) is 5.75 Å². The standard InChI is InChI=1S/C34H39FN4O3/c1-22-20-23(2)39(37-22)33-31(26-8-12-28(13-9-26)42-19-14-25-6-10-27(35)11-7-25)32(29(21-30(40)41)24(3)36-33)38-17-15-34(4,5)16-18-38/h6-13,20H,14-19,21H2,1-5H3,(H,40,41). The molecule has 2 aromatic carbocycles. The fourth-order valence-electron chi connectivity index (χ4n) is 5.68. The number of benzene rings is 2. The van der Waals surface area contributed by atoms with Gasteiger partial charge in [0.1, 0.15) is 11.6 Å². The molecule has 1 aliphatic heterocycles. The molecule has 0 saturated carbocycles. The molecule has 4 aromatic rings. The molecule has 1 aliphatic rings. The minimum atomic E-state index is -0.881. The largest absolute Gasteiger partial charge is 0.493 e. The van der Waals surface area contributed by atoms with E-state index in [1.54, 1.807) is 12.1 Å². The number of aromatic nitrogens is 3. The van der Waals surface area contributed by atoms with Gasteiger partial charge in [0.25, 0.3) is 0 Å². The number of pyridine rings is 1. The van der Waals surface area contributed by atoms with Gasteiger partial charge in [-0.05, 0) is 80.5 Å². The molecule has 5 rings (SSSR count). The van der Waals surface area contributed by atoms with Crippen LogP contribution in [0.3, 0.4) is 0 Å². The van der Waals surface area contributed by atoms with Crippen molar-refractivity contribution in [2.24, 2.45) is 5.41 Å². The van der Waals surface area contributed by atoms with Crippen LogP contribution in [0.25, 0.3) is 16.9 Å². The Morgan fingerprint density at radius 1 is 1.02 bits per heavy atom. The molecule has 0 radical (unpaired) electrons. The van der Waals surface area contributed by atoms with Crippen molar-refractivity contribution in [2.75, 3.05) is 24.6 Å². The Morgan fingerprint density at radius 3 is 2.29 bits per heavy atom. The minimum Gasteiger partial charge on any atom is -0.493 e. The monoisotopic (exact) mass is 570 g/mol. The smallest absolute Gasteiger partial charge is 0.307 e. The molecule has 0 atom stereocenters. The van der Waals surface area contributed by atoms with Crippen molar-refractivity contribution >= 4 is 11.7 Å². The summed E-state index contributed by atoms with van der Waals surface area (Å²) in [5, 5.41) is 14.7. The Balaban J connectivity index is 1.57. The minimum absolute atomic E-state index is 0.108. The highest BCUT2D eigenvalue weighted by Gasteiger charge is 2.31. The van der Waals surface area contributed by atoms with E-state index in [9.17, 15) is 14.3 Å². The van der Waals surface area contributed by atoms with Gasteiger partial charge in [-0.3, -0.25) is 4.79 Å². The van der Waals surface area contributed by atoms with Crippen LogP contribution >= 0.6 is 0 Å². The lowest BCUT2D eigenvalue weighted by molar-refractivity contribution is -0.136. The first kappa shape index (κ1) is 29.3. The summed E-state index contributed by atoms with van der Waals surface area (Å²) in [6.07, 6.45) is 2.58. The van der Waals surface area contributed by atoms with Gasteiger partial charge in [-0.15, -0.1) is 0 Å². The summed E-state index contributed by atoms with van der Waals surface area (Å²) in [5.41, 5.74) is 7.24. The molecule has 1 N–H and O–H groups in total. The number of carbonyl (C=O) groups is 1. The molecule has 0 bridgehead atoms. The summed E-state index contributed by atoms with van der Waals surface area (Å²) < 4.78 is 21.1. The first-order chi connectivity index (χ1) is 20.0. The number of carboxylic acid groups (broad SMARTS) is 1. The number of piperidine rings is 1. The van der Waals surface area contributed by atoms with Gasteiger partial charge in [-0.1, -0.05) is 38.1 Å². The van der Waals surface area contributed by atoms with Crippen LogP contribution in [0.4, 0.5) is 10.1 Å². The molecular weight excluding hydrogens is 531 g/mol. The number of nitrogens with zero attached hydrogens (tertiary/aromatic N) is 4. The molecule has 3 heterocycles. The van der Waals surface area contributed by atoms with Gasteiger partial charge in [-0.25, -0.2) is 14.1 Å². The number of hydrogen-bond donors (Lipinski definition) is 1. The van der Waals surface area contributed by atoms with Crippen LogP contribution in [0.2, 0.25) is 0 Å². The van der Waals surface area contributed by atoms with Gasteiger partial charge < -0.3 is 14.7 Å². The lowest BCUT2D eigenvalue weighted by Gasteiger charge is -2.40. The molecule has 2 aromatic heterocycles. The maximum Gasteiger partial charge on any atom is 0.307 e. The highest BCUT2D eigenvalue weighted by molar-refractivity contribution is 5.89. The average Bonchev–Trinajstić information content (AvgIpc) is 3.28. The highest BCUT2D eigenvalue weighted by atomic mass is 19.1. The van der Waals surface area contributed by atoms with Crippen LogP contribution in [0.1, 0.15) is 54.9 Å². The second-order valence-electron chi connectivity index (χ2n) is 12.0. The Bertz CT molecular complexity index is 1570. The van der Waals surface area contributed by atoms with Crippen molar-refractivity contribution in [1.82, 2.24) is 14.8 Å². The molecule has 1 fully saturated rings. The van der Waals surface area contributed by atoms with Crippen LogP contribution in [0, 0.1) is 32.0 Å². The molecule has 7 nitrogen and oxygen atoms in total. The van der Waals surface area contributed by atoms with Gasteiger partial charge in [-0.2, -0.15) is 5.10 Å². The lowest BCUT2D eigenvalue weighted by atomic mass is 9.82. The van der Waals surface area contributed by atoms with Gasteiger partial charge in [0.05, 0.1) is 30.0 Å². The quantitative estimate of drug-likeness (QED) is 0.236. The molecule has 0 spiro atoms. The number of anilines is 1. The third-order valence-corrected chi connectivity index (χ3v) is 8.14. The van der Waals surface area contributed by atoms with Crippen molar-refractivity contribution in [3.63, 3.8) is 0 Å². The normalized spacial score (nSPS) is 14.7. The van der Waals surface area contributed by atoms with E-state index in [4.69, 9.17) is 14.8 Å². The third-order valence-electron chi connectivity index (χ3n) is 8.14. The predicted molar refractivity (Wildman–Crippen MR) is 163 cm³/mol. The number of rotatable bonds is 9. The summed E-state index contributed by atoms with van der Waals surface area (Å²) in [7, 11) is 0.